The Balaban J connectivity index is 3.46. The third-order valence-corrected chi connectivity index (χ3v) is 3.28. The Hall–Kier alpha value is -2.57. The molecule has 0 amide bonds. The fourth-order valence-corrected chi connectivity index (χ4v) is 2.21. The fraction of sp³-hybridized carbons (Fsp3) is 0. The highest BCUT2D eigenvalue weighted by Gasteiger charge is 2.16. The molecule has 1 aromatic carbocycles. The van der Waals surface area contributed by atoms with Gasteiger partial charge in [0.25, 0.3) is 0 Å². The second-order valence-corrected chi connectivity index (χ2v) is 5.36. The molecule has 100 valence electrons. The Labute approximate surface area is 120 Å². The molecule has 20 heavy (non-hydrogen) atoms. The van der Waals surface area contributed by atoms with E-state index in [1.54, 1.807) is 6.07 Å². The van der Waals surface area contributed by atoms with Crippen molar-refractivity contribution in [2.75, 3.05) is 5.32 Å². The summed E-state index contributed by atoms with van der Waals surface area (Å²) in [5.74, 6) is 0. The van der Waals surface area contributed by atoms with E-state index < -0.39 is 15.6 Å². The first kappa shape index (κ1) is 15.5. The number of anilines is 1. The largest absolute Gasteiger partial charge is 0.344 e. The molecule has 0 spiro atoms. The molecule has 1 rings (SSSR count). The molecule has 0 atom stereocenters. The molecular weight excluding hydrogens is 302 g/mol. The first-order valence-corrected chi connectivity index (χ1v) is 6.80. The molecule has 1 aromatic rings. The number of benzene rings is 1. The van der Waals surface area contributed by atoms with Crippen LogP contribution in [-0.4, -0.2) is 8.42 Å². The average Bonchev–Trinajstić information content (AvgIpc) is 2.39. The average molecular weight is 308 g/mol. The summed E-state index contributed by atoms with van der Waals surface area (Å²) in [6, 6.07) is 8.37. The van der Waals surface area contributed by atoms with Crippen molar-refractivity contribution in [1.29, 1.82) is 15.8 Å². The highest BCUT2D eigenvalue weighted by Crippen LogP contribution is 2.25. The van der Waals surface area contributed by atoms with Crippen LogP contribution >= 0.6 is 11.6 Å². The molecule has 3 N–H and O–H groups in total. The number of nitrogens with zero attached hydrogens (tertiary/aromatic N) is 3. The lowest BCUT2D eigenvalue weighted by molar-refractivity contribution is 0.598. The van der Waals surface area contributed by atoms with Crippen LogP contribution in [0.2, 0.25) is 5.02 Å². The van der Waals surface area contributed by atoms with Crippen molar-refractivity contribution in [2.24, 2.45) is 5.14 Å². The highest BCUT2D eigenvalue weighted by atomic mass is 35.5. The zero-order valence-corrected chi connectivity index (χ0v) is 11.3. The van der Waals surface area contributed by atoms with Crippen molar-refractivity contribution in [1.82, 2.24) is 0 Å². The molecule has 0 aromatic heterocycles. The van der Waals surface area contributed by atoms with E-state index in [1.165, 1.54) is 24.3 Å². The summed E-state index contributed by atoms with van der Waals surface area (Å²) in [5.41, 5.74) is -0.929. The van der Waals surface area contributed by atoms with Crippen molar-refractivity contribution in [3.63, 3.8) is 0 Å². The smallest absolute Gasteiger partial charge is 0.240 e. The summed E-state index contributed by atoms with van der Waals surface area (Å²) in [6.07, 6.45) is 0. The maximum atomic E-state index is 11.4. The lowest BCUT2D eigenvalue weighted by Crippen LogP contribution is -2.15. The van der Waals surface area contributed by atoms with Gasteiger partial charge in [-0.15, -0.1) is 0 Å². The summed E-state index contributed by atoms with van der Waals surface area (Å²) in [6.45, 7) is 0. The van der Waals surface area contributed by atoms with E-state index >= 15 is 0 Å². The molecule has 0 fully saturated rings. The van der Waals surface area contributed by atoms with E-state index in [0.717, 1.165) is 6.07 Å². The van der Waals surface area contributed by atoms with Crippen LogP contribution in [0, 0.1) is 34.0 Å². The molecule has 7 nitrogen and oxygen atoms in total. The van der Waals surface area contributed by atoms with Gasteiger partial charge in [0.15, 0.2) is 5.57 Å². The molecule has 0 saturated heterocycles. The second-order valence-electron chi connectivity index (χ2n) is 3.40. The number of nitrogens with one attached hydrogen (secondary N) is 1. The van der Waals surface area contributed by atoms with Gasteiger partial charge in [0.1, 0.15) is 28.8 Å². The minimum Gasteiger partial charge on any atom is -0.344 e. The number of nitrogens with two attached hydrogens (primary N) is 1. The number of hydrogen-bond donors (Lipinski definition) is 2. The van der Waals surface area contributed by atoms with Crippen molar-refractivity contribution in [3.8, 4) is 18.2 Å². The van der Waals surface area contributed by atoms with Crippen LogP contribution < -0.4 is 10.5 Å². The number of halogens is 1. The quantitative estimate of drug-likeness (QED) is 0.803. The number of nitriles is 3. The molecule has 0 radical (unpaired) electrons. The van der Waals surface area contributed by atoms with E-state index in [-0.39, 0.29) is 21.3 Å². The first-order valence-electron chi connectivity index (χ1n) is 4.87. The van der Waals surface area contributed by atoms with Gasteiger partial charge in [-0.25, -0.2) is 13.6 Å². The second kappa shape index (κ2) is 6.05. The van der Waals surface area contributed by atoms with Crippen LogP contribution in [0.1, 0.15) is 0 Å². The minimum absolute atomic E-state index is 0.0588. The summed E-state index contributed by atoms with van der Waals surface area (Å²) in [4.78, 5) is -0.354. The molecule has 0 aliphatic rings. The number of sulfonamides is 1. The van der Waals surface area contributed by atoms with E-state index in [0.29, 0.717) is 0 Å². The lowest BCUT2D eigenvalue weighted by atomic mass is 10.2. The number of allylic oxidation sites excluding steroid dienone is 2. The third-order valence-electron chi connectivity index (χ3n) is 2.10. The maximum Gasteiger partial charge on any atom is 0.240 e. The van der Waals surface area contributed by atoms with Crippen molar-refractivity contribution >= 4 is 27.3 Å². The topological polar surface area (TPSA) is 144 Å². The van der Waals surface area contributed by atoms with Crippen molar-refractivity contribution in [3.05, 3.63) is 34.5 Å². The van der Waals surface area contributed by atoms with Crippen LogP contribution in [0.5, 0.6) is 0 Å². The third kappa shape index (κ3) is 3.47. The van der Waals surface area contributed by atoms with E-state index in [9.17, 15) is 8.42 Å². The molecule has 0 saturated carbocycles. The molecule has 0 bridgehead atoms. The van der Waals surface area contributed by atoms with Gasteiger partial charge in [-0.1, -0.05) is 11.6 Å². The van der Waals surface area contributed by atoms with Crippen LogP contribution in [0.3, 0.4) is 0 Å². The zero-order chi connectivity index (χ0) is 15.3. The SMILES string of the molecule is N#CC(C#N)=C(C#N)Nc1ccc(Cl)cc1S(N)(=O)=O. The Morgan fingerprint density at radius 3 is 2.25 bits per heavy atom. The molecule has 0 unspecified atom stereocenters. The van der Waals surface area contributed by atoms with Gasteiger partial charge in [0, 0.05) is 5.02 Å². The van der Waals surface area contributed by atoms with Gasteiger partial charge in [-0.05, 0) is 18.2 Å². The molecule has 0 heterocycles. The normalized spacial score (nSPS) is 9.75. The molecule has 9 heteroatoms. The Bertz CT molecular complexity index is 793. The number of hydrogen-bond acceptors (Lipinski definition) is 6. The molecule has 0 aliphatic carbocycles. The Morgan fingerprint density at radius 2 is 1.80 bits per heavy atom. The summed E-state index contributed by atoms with van der Waals surface area (Å²) in [7, 11) is -4.09. The van der Waals surface area contributed by atoms with Crippen LogP contribution in [-0.2, 0) is 10.0 Å². The van der Waals surface area contributed by atoms with Crippen LogP contribution in [0.25, 0.3) is 0 Å². The van der Waals surface area contributed by atoms with Crippen molar-refractivity contribution in [2.45, 2.75) is 4.90 Å². The number of rotatable bonds is 3. The van der Waals surface area contributed by atoms with Gasteiger partial charge < -0.3 is 5.32 Å². The first-order chi connectivity index (χ1) is 9.33. The predicted molar refractivity (Wildman–Crippen MR) is 70.3 cm³/mol. The van der Waals surface area contributed by atoms with Crippen molar-refractivity contribution < 1.29 is 8.42 Å². The van der Waals surface area contributed by atoms with E-state index in [2.05, 4.69) is 5.32 Å². The standard InChI is InChI=1S/C11H6ClN5O2S/c12-8-1-2-9(11(3-8)20(16,18)19)17-10(6-15)7(4-13)5-14/h1-3,17H,(H2,16,18,19). The van der Waals surface area contributed by atoms with Gasteiger partial charge in [0.2, 0.25) is 10.0 Å². The number of primary sulfonamides is 1. The van der Waals surface area contributed by atoms with E-state index in [4.69, 9.17) is 32.5 Å². The molecule has 0 aliphatic heterocycles. The van der Waals surface area contributed by atoms with Crippen LogP contribution in [0.15, 0.2) is 34.4 Å². The Morgan fingerprint density at radius 1 is 1.20 bits per heavy atom. The maximum absolute atomic E-state index is 11.4. The van der Waals surface area contributed by atoms with Crippen LogP contribution in [0.4, 0.5) is 5.69 Å². The van der Waals surface area contributed by atoms with Gasteiger partial charge in [-0.2, -0.15) is 15.8 Å². The zero-order valence-electron chi connectivity index (χ0n) is 9.75. The minimum atomic E-state index is -4.09. The van der Waals surface area contributed by atoms with Gasteiger partial charge in [0.05, 0.1) is 5.69 Å². The summed E-state index contributed by atoms with van der Waals surface area (Å²) >= 11 is 5.68. The summed E-state index contributed by atoms with van der Waals surface area (Å²) in [5, 5.41) is 33.8. The lowest BCUT2D eigenvalue weighted by Gasteiger charge is -2.10. The highest BCUT2D eigenvalue weighted by molar-refractivity contribution is 7.89. The van der Waals surface area contributed by atoms with E-state index in [1.807, 2.05) is 0 Å². The Kier molecular flexibility index (Phi) is 4.68. The monoisotopic (exact) mass is 307 g/mol. The summed E-state index contributed by atoms with van der Waals surface area (Å²) < 4.78 is 22.9. The predicted octanol–water partition coefficient (Wildman–Crippen LogP) is 1.22. The van der Waals surface area contributed by atoms with Gasteiger partial charge in [-0.3, -0.25) is 0 Å². The molecular formula is C11H6ClN5O2S. The van der Waals surface area contributed by atoms with Gasteiger partial charge >= 0.3 is 0 Å². The fourth-order valence-electron chi connectivity index (χ4n) is 1.25.